The maximum Gasteiger partial charge on any atom is 0.136 e. The van der Waals surface area contributed by atoms with Gasteiger partial charge in [-0.2, -0.15) is 0 Å². The second-order valence-corrected chi connectivity index (χ2v) is 20.1. The number of thiophene rings is 1. The molecule has 14 aromatic rings. The zero-order valence-electron chi connectivity index (χ0n) is 36.9. The Morgan fingerprint density at radius 3 is 1.66 bits per heavy atom. The van der Waals surface area contributed by atoms with Crippen LogP contribution in [0, 0.1) is 0 Å². The summed E-state index contributed by atoms with van der Waals surface area (Å²) in [5.41, 5.74) is 14.8. The van der Waals surface area contributed by atoms with Gasteiger partial charge in [0, 0.05) is 41.7 Å². The average Bonchev–Trinajstić information content (AvgIpc) is 4.03. The van der Waals surface area contributed by atoms with Gasteiger partial charge in [0.25, 0.3) is 0 Å². The third-order valence-electron chi connectivity index (χ3n) is 15.2. The van der Waals surface area contributed by atoms with E-state index < -0.39 is 0 Å². The lowest BCUT2D eigenvalue weighted by Gasteiger charge is -2.22. The van der Waals surface area contributed by atoms with Crippen molar-refractivity contribution in [2.45, 2.75) is 19.3 Å². The number of rotatable bonds is 3. The van der Waals surface area contributed by atoms with Gasteiger partial charge in [-0.1, -0.05) is 178 Å². The maximum atomic E-state index is 6.54. The number of fused-ring (bicyclic) bond motifs is 18. The summed E-state index contributed by atoms with van der Waals surface area (Å²) >= 11 is 1.89. The van der Waals surface area contributed by atoms with Gasteiger partial charge < -0.3 is 4.42 Å². The molecule has 0 bridgehead atoms. The normalized spacial score (nSPS) is 13.3. The number of hydrogen-bond acceptors (Lipinski definition) is 2. The molecule has 0 saturated carbocycles. The molecule has 2 heteroatoms. The van der Waals surface area contributed by atoms with Crippen LogP contribution >= 0.6 is 11.3 Å². The van der Waals surface area contributed by atoms with Crippen LogP contribution in [0.3, 0.4) is 0 Å². The number of para-hydroxylation sites is 1. The molecule has 12 aromatic carbocycles. The Morgan fingerprint density at radius 2 is 0.866 bits per heavy atom. The van der Waals surface area contributed by atoms with Gasteiger partial charge in [0.2, 0.25) is 0 Å². The molecule has 2 aromatic heterocycles. The zero-order chi connectivity index (χ0) is 44.1. The van der Waals surface area contributed by atoms with Crippen molar-refractivity contribution in [3.8, 4) is 44.5 Å². The Bertz CT molecular complexity index is 4430. The van der Waals surface area contributed by atoms with Crippen molar-refractivity contribution in [1.82, 2.24) is 0 Å². The van der Waals surface area contributed by atoms with Gasteiger partial charge in [-0.25, -0.2) is 0 Å². The Hall–Kier alpha value is -8.04. The summed E-state index contributed by atoms with van der Waals surface area (Å²) in [6.07, 6.45) is 0. The SMILES string of the molecule is CC1(C)c2ccccc2-c2cc(-c3c4ccccc4c(-c4ccc5c(c4)c4cc(-c6cccc7c6sc6ccccc67)ccc4c4c5ccc5oc6ccccc6c54)c4ccccc34)ccc21. The molecule has 1 aliphatic rings. The lowest BCUT2D eigenvalue weighted by molar-refractivity contribution is 0.660. The monoisotopic (exact) mass is 868 g/mol. The van der Waals surface area contributed by atoms with Crippen molar-refractivity contribution in [2.75, 3.05) is 0 Å². The van der Waals surface area contributed by atoms with E-state index in [1.54, 1.807) is 0 Å². The van der Waals surface area contributed by atoms with Crippen molar-refractivity contribution in [1.29, 1.82) is 0 Å². The number of hydrogen-bond donors (Lipinski definition) is 0. The van der Waals surface area contributed by atoms with Crippen molar-refractivity contribution < 1.29 is 4.42 Å². The molecule has 2 heterocycles. The zero-order valence-corrected chi connectivity index (χ0v) is 37.8. The number of benzene rings is 12. The van der Waals surface area contributed by atoms with Gasteiger partial charge in [0.05, 0.1) is 0 Å². The molecule has 0 radical (unpaired) electrons. The van der Waals surface area contributed by atoms with Gasteiger partial charge in [0.15, 0.2) is 0 Å². The third kappa shape index (κ3) is 5.08. The molecule has 0 aliphatic heterocycles. The molecule has 0 N–H and O–H groups in total. The topological polar surface area (TPSA) is 13.1 Å². The van der Waals surface area contributed by atoms with E-state index in [1.807, 2.05) is 11.3 Å². The van der Waals surface area contributed by atoms with E-state index in [-0.39, 0.29) is 5.41 Å². The predicted octanol–water partition coefficient (Wildman–Crippen LogP) is 19.0. The van der Waals surface area contributed by atoms with Crippen LogP contribution in [-0.4, -0.2) is 0 Å². The van der Waals surface area contributed by atoms with E-state index in [0.717, 1.165) is 16.6 Å². The summed E-state index contributed by atoms with van der Waals surface area (Å²) in [7, 11) is 0. The second kappa shape index (κ2) is 13.5. The molecule has 0 fully saturated rings. The molecule has 312 valence electrons. The van der Waals surface area contributed by atoms with Gasteiger partial charge in [-0.05, 0) is 147 Å². The molecular weight excluding hydrogens is 829 g/mol. The van der Waals surface area contributed by atoms with Gasteiger partial charge in [-0.3, -0.25) is 0 Å². The van der Waals surface area contributed by atoms with Crippen LogP contribution < -0.4 is 0 Å². The quantitative estimate of drug-likeness (QED) is 0.127. The largest absolute Gasteiger partial charge is 0.456 e. The van der Waals surface area contributed by atoms with Gasteiger partial charge >= 0.3 is 0 Å². The molecule has 67 heavy (non-hydrogen) atoms. The molecule has 0 saturated heterocycles. The Balaban J connectivity index is 1.02. The van der Waals surface area contributed by atoms with Crippen LogP contribution in [0.1, 0.15) is 25.0 Å². The van der Waals surface area contributed by atoms with E-state index in [1.165, 1.54) is 135 Å². The van der Waals surface area contributed by atoms with Crippen LogP contribution in [-0.2, 0) is 5.41 Å². The minimum atomic E-state index is -0.0466. The Morgan fingerprint density at radius 1 is 0.328 bits per heavy atom. The fraction of sp³-hybridized carbons (Fsp3) is 0.0462. The minimum absolute atomic E-state index is 0.0466. The summed E-state index contributed by atoms with van der Waals surface area (Å²) in [5, 5.41) is 17.4. The Labute approximate surface area is 390 Å². The highest BCUT2D eigenvalue weighted by molar-refractivity contribution is 7.26. The first-order valence-corrected chi connectivity index (χ1v) is 24.1. The van der Waals surface area contributed by atoms with E-state index >= 15 is 0 Å². The Kier molecular flexibility index (Phi) is 7.51. The first-order valence-electron chi connectivity index (χ1n) is 23.3. The summed E-state index contributed by atoms with van der Waals surface area (Å²) in [6.45, 7) is 4.72. The highest BCUT2D eigenvalue weighted by Gasteiger charge is 2.35. The van der Waals surface area contributed by atoms with E-state index in [4.69, 9.17) is 4.42 Å². The van der Waals surface area contributed by atoms with Crippen LogP contribution in [0.2, 0.25) is 0 Å². The predicted molar refractivity (Wildman–Crippen MR) is 288 cm³/mol. The molecule has 0 atom stereocenters. The fourth-order valence-corrected chi connectivity index (χ4v) is 13.5. The van der Waals surface area contributed by atoms with Gasteiger partial charge in [-0.15, -0.1) is 11.3 Å². The maximum absolute atomic E-state index is 6.54. The molecule has 1 aliphatic carbocycles. The van der Waals surface area contributed by atoms with Crippen molar-refractivity contribution in [3.05, 3.63) is 217 Å². The van der Waals surface area contributed by atoms with Crippen LogP contribution in [0.15, 0.2) is 211 Å². The van der Waals surface area contributed by atoms with Crippen molar-refractivity contribution >= 4 is 107 Å². The molecule has 1 nitrogen and oxygen atoms in total. The van der Waals surface area contributed by atoms with Gasteiger partial charge in [0.1, 0.15) is 11.2 Å². The lowest BCUT2D eigenvalue weighted by atomic mass is 9.81. The molecule has 0 amide bonds. The second-order valence-electron chi connectivity index (χ2n) is 19.0. The van der Waals surface area contributed by atoms with Crippen LogP contribution in [0.5, 0.6) is 0 Å². The van der Waals surface area contributed by atoms with Crippen molar-refractivity contribution in [2.24, 2.45) is 0 Å². The first-order chi connectivity index (χ1) is 33.0. The standard InChI is InChI=1S/C65H40OS/c1-65(2)55-23-10-7-14-42(55)54-36-39(28-32-56(54)65)61-46-18-5-3-16-44(46)60(45-17-4-6-19-47(45)61)38-27-29-41-48-31-33-58-63(51-20-8-11-24-57(51)66-58)62(48)49-30-26-37(34-53(49)52(41)35-38)40-21-13-22-50-43-15-9-12-25-59(43)67-64(40)50/h3-36H,1-2H3. The first kappa shape index (κ1) is 37.2. The summed E-state index contributed by atoms with van der Waals surface area (Å²) in [4.78, 5) is 0. The highest BCUT2D eigenvalue weighted by atomic mass is 32.1. The lowest BCUT2D eigenvalue weighted by Crippen LogP contribution is -2.14. The summed E-state index contributed by atoms with van der Waals surface area (Å²) < 4.78 is 9.18. The number of furan rings is 1. The van der Waals surface area contributed by atoms with E-state index in [0.29, 0.717) is 0 Å². The third-order valence-corrected chi connectivity index (χ3v) is 16.5. The molecule has 0 unspecified atom stereocenters. The van der Waals surface area contributed by atoms with Crippen LogP contribution in [0.4, 0.5) is 0 Å². The minimum Gasteiger partial charge on any atom is -0.456 e. The molecular formula is C65H40OS. The van der Waals surface area contributed by atoms with E-state index in [9.17, 15) is 0 Å². The highest BCUT2D eigenvalue weighted by Crippen LogP contribution is 2.52. The summed E-state index contributed by atoms with van der Waals surface area (Å²) in [5.74, 6) is 0. The van der Waals surface area contributed by atoms with E-state index in [2.05, 4.69) is 220 Å². The smallest absolute Gasteiger partial charge is 0.136 e. The average molecular weight is 869 g/mol. The molecule has 15 rings (SSSR count). The van der Waals surface area contributed by atoms with Crippen LogP contribution in [0.25, 0.3) is 140 Å². The van der Waals surface area contributed by atoms with Crippen molar-refractivity contribution in [3.63, 3.8) is 0 Å². The molecule has 0 spiro atoms. The summed E-state index contributed by atoms with van der Waals surface area (Å²) in [6, 6.07) is 77.3. The fourth-order valence-electron chi connectivity index (χ4n) is 12.2.